The fourth-order valence-electron chi connectivity index (χ4n) is 2.61. The molecular weight excluding hydrogens is 324 g/mol. The molecule has 116 valence electrons. The molecule has 8 heteroatoms. The van der Waals surface area contributed by atoms with E-state index < -0.39 is 18.1 Å². The van der Waals surface area contributed by atoms with Crippen molar-refractivity contribution in [3.63, 3.8) is 0 Å². The summed E-state index contributed by atoms with van der Waals surface area (Å²) in [4.78, 5) is 37.8. The van der Waals surface area contributed by atoms with E-state index in [1.807, 2.05) is 17.5 Å². The molecule has 2 amide bonds. The molecule has 2 unspecified atom stereocenters. The Bertz CT molecular complexity index is 656. The summed E-state index contributed by atoms with van der Waals surface area (Å²) in [6.45, 7) is 1.69. The minimum atomic E-state index is -1.05. The van der Waals surface area contributed by atoms with Gasteiger partial charge >= 0.3 is 5.97 Å². The molecule has 2 aliphatic rings. The third-order valence-electron chi connectivity index (χ3n) is 3.65. The molecule has 2 aliphatic heterocycles. The van der Waals surface area contributed by atoms with Crippen molar-refractivity contribution in [2.45, 2.75) is 30.8 Å². The van der Waals surface area contributed by atoms with Gasteiger partial charge in [-0.25, -0.2) is 4.79 Å². The van der Waals surface area contributed by atoms with E-state index in [9.17, 15) is 19.5 Å². The molecule has 0 saturated carbocycles. The fourth-order valence-corrected chi connectivity index (χ4v) is 4.49. The first-order valence-corrected chi connectivity index (χ1v) is 8.50. The molecule has 2 N–H and O–H groups in total. The molecule has 0 bridgehead atoms. The van der Waals surface area contributed by atoms with Crippen molar-refractivity contribution in [2.75, 3.05) is 0 Å². The molecule has 1 fully saturated rings. The summed E-state index contributed by atoms with van der Waals surface area (Å²) in [6.07, 6.45) is 0.232. The van der Waals surface area contributed by atoms with Gasteiger partial charge in [-0.15, -0.1) is 23.1 Å². The number of thiophene rings is 1. The van der Waals surface area contributed by atoms with Gasteiger partial charge < -0.3 is 15.3 Å². The summed E-state index contributed by atoms with van der Waals surface area (Å²) in [5.41, 5.74) is 0.630. The zero-order chi connectivity index (χ0) is 15.9. The second-order valence-electron chi connectivity index (χ2n) is 5.18. The predicted octanol–water partition coefficient (Wildman–Crippen LogP) is 1.05. The van der Waals surface area contributed by atoms with Gasteiger partial charge in [-0.3, -0.25) is 9.59 Å². The second-order valence-corrected chi connectivity index (χ2v) is 7.20. The van der Waals surface area contributed by atoms with Gasteiger partial charge in [0.25, 0.3) is 0 Å². The third-order valence-corrected chi connectivity index (χ3v) is 5.81. The number of hydrogen-bond acceptors (Lipinski definition) is 5. The highest BCUT2D eigenvalue weighted by molar-refractivity contribution is 8.02. The van der Waals surface area contributed by atoms with Crippen LogP contribution in [0.2, 0.25) is 0 Å². The molecule has 6 nitrogen and oxygen atoms in total. The number of carbonyl (C=O) groups excluding carboxylic acids is 2. The maximum Gasteiger partial charge on any atom is 0.330 e. The Labute approximate surface area is 135 Å². The number of amides is 2. The van der Waals surface area contributed by atoms with Crippen LogP contribution in [0.25, 0.3) is 0 Å². The largest absolute Gasteiger partial charge is 0.479 e. The quantitative estimate of drug-likeness (QED) is 0.801. The Morgan fingerprint density at radius 2 is 2.23 bits per heavy atom. The van der Waals surface area contributed by atoms with Crippen LogP contribution in [0.15, 0.2) is 28.5 Å². The average molecular weight is 338 g/mol. The summed E-state index contributed by atoms with van der Waals surface area (Å²) in [6, 6.07) is 2.15. The minimum Gasteiger partial charge on any atom is -0.479 e. The maximum atomic E-state index is 12.2. The highest BCUT2D eigenvalue weighted by Crippen LogP contribution is 2.39. The number of carboxylic acid groups (broad SMARTS) is 1. The lowest BCUT2D eigenvalue weighted by Crippen LogP contribution is -2.73. The van der Waals surface area contributed by atoms with E-state index in [1.165, 1.54) is 28.0 Å². The Morgan fingerprint density at radius 1 is 1.45 bits per heavy atom. The van der Waals surface area contributed by atoms with Crippen LogP contribution in [0, 0.1) is 0 Å². The Balaban J connectivity index is 1.67. The molecule has 0 aliphatic carbocycles. The third kappa shape index (κ3) is 2.52. The molecule has 3 atom stereocenters. The van der Waals surface area contributed by atoms with E-state index in [0.29, 0.717) is 5.57 Å². The van der Waals surface area contributed by atoms with Crippen molar-refractivity contribution < 1.29 is 19.5 Å². The van der Waals surface area contributed by atoms with Crippen LogP contribution >= 0.6 is 23.1 Å². The number of aliphatic carboxylic acids is 1. The van der Waals surface area contributed by atoms with E-state index in [2.05, 4.69) is 5.32 Å². The zero-order valence-electron chi connectivity index (χ0n) is 11.7. The molecule has 1 aromatic rings. The molecule has 0 radical (unpaired) electrons. The number of nitrogens with zero attached hydrogens (tertiary/aromatic N) is 1. The van der Waals surface area contributed by atoms with E-state index >= 15 is 0 Å². The van der Waals surface area contributed by atoms with Crippen molar-refractivity contribution >= 4 is 40.9 Å². The van der Waals surface area contributed by atoms with Gasteiger partial charge in [-0.2, -0.15) is 0 Å². The molecule has 0 aromatic carbocycles. The lowest BCUT2D eigenvalue weighted by Gasteiger charge is -2.51. The Kier molecular flexibility index (Phi) is 3.96. The van der Waals surface area contributed by atoms with Crippen LogP contribution in [-0.2, 0) is 20.8 Å². The van der Waals surface area contributed by atoms with Gasteiger partial charge in [0, 0.05) is 4.88 Å². The molecule has 3 heterocycles. The Hall–Kier alpha value is -1.80. The minimum absolute atomic E-state index is 0.223. The molecule has 1 saturated heterocycles. The van der Waals surface area contributed by atoms with Crippen molar-refractivity contribution in [1.82, 2.24) is 10.2 Å². The summed E-state index contributed by atoms with van der Waals surface area (Å²) in [7, 11) is 0. The van der Waals surface area contributed by atoms with E-state index in [1.54, 1.807) is 12.3 Å². The van der Waals surface area contributed by atoms with Gasteiger partial charge in [0.15, 0.2) is 6.04 Å². The first kappa shape index (κ1) is 15.1. The van der Waals surface area contributed by atoms with Crippen LogP contribution in [0.1, 0.15) is 11.8 Å². The SMILES string of the molecule is CC1=CS[C@@H]2C(NC(=O)Cc3cccs3)C(=O)N2C1C(=O)O. The van der Waals surface area contributed by atoms with Crippen LogP contribution < -0.4 is 5.32 Å². The van der Waals surface area contributed by atoms with Crippen LogP contribution in [-0.4, -0.2) is 45.2 Å². The smallest absolute Gasteiger partial charge is 0.330 e. The number of fused-ring (bicyclic) bond motifs is 1. The highest BCUT2D eigenvalue weighted by Gasteiger charge is 2.55. The first-order chi connectivity index (χ1) is 10.5. The summed E-state index contributed by atoms with van der Waals surface area (Å²) < 4.78 is 0. The second kappa shape index (κ2) is 5.77. The van der Waals surface area contributed by atoms with Crippen molar-refractivity contribution in [3.05, 3.63) is 33.4 Å². The zero-order valence-corrected chi connectivity index (χ0v) is 13.3. The van der Waals surface area contributed by atoms with Gasteiger partial charge in [-0.05, 0) is 29.4 Å². The molecule has 22 heavy (non-hydrogen) atoms. The van der Waals surface area contributed by atoms with Crippen LogP contribution in [0.5, 0.6) is 0 Å². The normalized spacial score (nSPS) is 26.8. The fraction of sp³-hybridized carbons (Fsp3) is 0.357. The summed E-state index contributed by atoms with van der Waals surface area (Å²) >= 11 is 2.86. The van der Waals surface area contributed by atoms with Crippen LogP contribution in [0.4, 0.5) is 0 Å². The number of rotatable bonds is 4. The number of hydrogen-bond donors (Lipinski definition) is 2. The molecule has 1 aromatic heterocycles. The molecular formula is C14H14N2O4S2. The monoisotopic (exact) mass is 338 g/mol. The standard InChI is InChI=1S/C14H14N2O4S2/c1-7-6-22-13-10(12(18)16(13)11(7)14(19)20)15-9(17)5-8-3-2-4-21-8/h2-4,6,10-11,13H,5H2,1H3,(H,15,17)(H,19,20)/t10?,11?,13-/m1/s1. The highest BCUT2D eigenvalue weighted by atomic mass is 32.2. The topological polar surface area (TPSA) is 86.7 Å². The lowest BCUT2D eigenvalue weighted by molar-refractivity contribution is -0.160. The van der Waals surface area contributed by atoms with Gasteiger partial charge in [0.1, 0.15) is 11.4 Å². The van der Waals surface area contributed by atoms with Gasteiger partial charge in [0.2, 0.25) is 11.8 Å². The molecule has 3 rings (SSSR count). The van der Waals surface area contributed by atoms with E-state index in [0.717, 1.165) is 4.88 Å². The number of nitrogens with one attached hydrogen (secondary N) is 1. The molecule has 0 spiro atoms. The Morgan fingerprint density at radius 3 is 2.86 bits per heavy atom. The van der Waals surface area contributed by atoms with Crippen molar-refractivity contribution in [1.29, 1.82) is 0 Å². The van der Waals surface area contributed by atoms with E-state index in [-0.39, 0.29) is 23.6 Å². The summed E-state index contributed by atoms with van der Waals surface area (Å²) in [5, 5.41) is 15.3. The van der Waals surface area contributed by atoms with Crippen molar-refractivity contribution in [3.8, 4) is 0 Å². The summed E-state index contributed by atoms with van der Waals surface area (Å²) in [5.74, 6) is -1.60. The van der Waals surface area contributed by atoms with Gasteiger partial charge in [0.05, 0.1) is 6.42 Å². The van der Waals surface area contributed by atoms with Crippen LogP contribution in [0.3, 0.4) is 0 Å². The maximum absolute atomic E-state index is 12.2. The lowest BCUT2D eigenvalue weighted by atomic mass is 9.99. The number of β-lactam (4-membered cyclic amide) rings is 1. The predicted molar refractivity (Wildman–Crippen MR) is 83.4 cm³/mol. The van der Waals surface area contributed by atoms with Crippen molar-refractivity contribution in [2.24, 2.45) is 0 Å². The number of carboxylic acids is 1. The van der Waals surface area contributed by atoms with Gasteiger partial charge in [-0.1, -0.05) is 6.07 Å². The number of thioether (sulfide) groups is 1. The number of carbonyl (C=O) groups is 3. The first-order valence-electron chi connectivity index (χ1n) is 6.68. The average Bonchev–Trinajstić information content (AvgIpc) is 2.97. The van der Waals surface area contributed by atoms with E-state index in [4.69, 9.17) is 0 Å².